The van der Waals surface area contributed by atoms with Crippen LogP contribution in [0.15, 0.2) is 78.3 Å². The third-order valence-corrected chi connectivity index (χ3v) is 7.29. The number of carbonyl (C=O) groups is 3. The monoisotopic (exact) mass is 602 g/mol. The van der Waals surface area contributed by atoms with Crippen molar-refractivity contribution in [2.45, 2.75) is 45.1 Å². The summed E-state index contributed by atoms with van der Waals surface area (Å²) in [6, 6.07) is 17.2. The lowest BCUT2D eigenvalue weighted by molar-refractivity contribution is -0.122. The first kappa shape index (κ1) is 31.4. The molecule has 0 spiro atoms. The van der Waals surface area contributed by atoms with Crippen LogP contribution in [0.25, 0.3) is 0 Å². The molecular weight excluding hydrogens is 564 g/mol. The van der Waals surface area contributed by atoms with Crippen molar-refractivity contribution in [1.82, 2.24) is 36.6 Å². The summed E-state index contributed by atoms with van der Waals surface area (Å²) in [5.41, 5.74) is 9.97. The van der Waals surface area contributed by atoms with Gasteiger partial charge in [-0.1, -0.05) is 65.9 Å². The number of anilines is 1. The highest BCUT2D eigenvalue weighted by Crippen LogP contribution is 2.19. The molecule has 0 aliphatic carbocycles. The number of hydrazine groups is 1. The van der Waals surface area contributed by atoms with Gasteiger partial charge in [-0.15, -0.1) is 10.2 Å². The third-order valence-electron chi connectivity index (χ3n) is 6.40. The number of aryl methyl sites for hydroxylation is 1. The number of amides is 3. The molecule has 43 heavy (non-hydrogen) atoms. The summed E-state index contributed by atoms with van der Waals surface area (Å²) in [5.74, 6) is 0.323. The minimum atomic E-state index is -0.164. The van der Waals surface area contributed by atoms with Crippen LogP contribution in [0, 0.1) is 0 Å². The van der Waals surface area contributed by atoms with Gasteiger partial charge in [-0.05, 0) is 62.2 Å². The standard InChI is InChI=1S/C31H38N8O3S/c1-39(2)21-29(42)32-20-24-12-8-11-23(17-24)19-28(41)34-31-38-37-30(43-31)14-7-6-13-25-15-16-26(36-35-25)33-27(40)18-22-9-4-3-5-10-22/h3-5,8-12,15-17,35-36H,6-7,13-14,18-21H2,1-2H3,(H,32,42)(H,33,40)(H,34,38,41). The van der Waals surface area contributed by atoms with Gasteiger partial charge in [-0.2, -0.15) is 0 Å². The van der Waals surface area contributed by atoms with E-state index in [1.165, 1.54) is 11.3 Å². The van der Waals surface area contributed by atoms with Crippen LogP contribution >= 0.6 is 11.3 Å². The second-order valence-corrected chi connectivity index (χ2v) is 11.6. The summed E-state index contributed by atoms with van der Waals surface area (Å²) in [4.78, 5) is 38.5. The molecular formula is C31H38N8O3S. The van der Waals surface area contributed by atoms with Crippen LogP contribution in [0.4, 0.5) is 5.13 Å². The lowest BCUT2D eigenvalue weighted by Gasteiger charge is -2.20. The Kier molecular flexibility index (Phi) is 11.8. The van der Waals surface area contributed by atoms with Crippen LogP contribution in [0.1, 0.15) is 41.0 Å². The number of hydrogen-bond acceptors (Lipinski definition) is 9. The predicted molar refractivity (Wildman–Crippen MR) is 167 cm³/mol. The molecule has 0 atom stereocenters. The van der Waals surface area contributed by atoms with Crippen molar-refractivity contribution in [2.24, 2.45) is 0 Å². The number of nitrogens with one attached hydrogen (secondary N) is 5. The second-order valence-electron chi connectivity index (χ2n) is 10.5. The molecule has 226 valence electrons. The topological polar surface area (TPSA) is 140 Å². The average Bonchev–Trinajstić information content (AvgIpc) is 3.42. The molecule has 0 fully saturated rings. The fourth-order valence-corrected chi connectivity index (χ4v) is 5.15. The highest BCUT2D eigenvalue weighted by atomic mass is 32.1. The maximum atomic E-state index is 12.6. The number of aromatic nitrogens is 2. The summed E-state index contributed by atoms with van der Waals surface area (Å²) in [5, 5.41) is 18.3. The van der Waals surface area contributed by atoms with E-state index in [1.54, 1.807) is 0 Å². The molecule has 1 aliphatic rings. The Morgan fingerprint density at radius 3 is 2.28 bits per heavy atom. The molecule has 1 aliphatic heterocycles. The van der Waals surface area contributed by atoms with Gasteiger partial charge in [0.05, 0.1) is 19.4 Å². The van der Waals surface area contributed by atoms with E-state index in [2.05, 4.69) is 37.0 Å². The van der Waals surface area contributed by atoms with Gasteiger partial charge in [-0.25, -0.2) is 0 Å². The zero-order valence-electron chi connectivity index (χ0n) is 24.5. The van der Waals surface area contributed by atoms with E-state index >= 15 is 0 Å². The summed E-state index contributed by atoms with van der Waals surface area (Å²) in [6.45, 7) is 0.742. The Morgan fingerprint density at radius 1 is 0.791 bits per heavy atom. The predicted octanol–water partition coefficient (Wildman–Crippen LogP) is 2.80. The smallest absolute Gasteiger partial charge is 0.234 e. The van der Waals surface area contributed by atoms with Gasteiger partial charge in [0.2, 0.25) is 22.9 Å². The van der Waals surface area contributed by atoms with Crippen LogP contribution in [-0.4, -0.2) is 53.5 Å². The van der Waals surface area contributed by atoms with Gasteiger partial charge >= 0.3 is 0 Å². The Labute approximate surface area is 255 Å². The van der Waals surface area contributed by atoms with Gasteiger partial charge in [0.1, 0.15) is 10.8 Å². The quantitative estimate of drug-likeness (QED) is 0.167. The first-order chi connectivity index (χ1) is 20.8. The van der Waals surface area contributed by atoms with Gasteiger partial charge in [0, 0.05) is 18.7 Å². The normalized spacial score (nSPS) is 12.4. The van der Waals surface area contributed by atoms with Crippen molar-refractivity contribution in [3.63, 3.8) is 0 Å². The molecule has 1 aromatic heterocycles. The van der Waals surface area contributed by atoms with Crippen molar-refractivity contribution in [3.8, 4) is 0 Å². The van der Waals surface area contributed by atoms with Crippen molar-refractivity contribution < 1.29 is 14.4 Å². The molecule has 4 rings (SSSR count). The van der Waals surface area contributed by atoms with Gasteiger partial charge in [0.25, 0.3) is 0 Å². The number of unbranched alkanes of at least 4 members (excludes halogenated alkanes) is 1. The second kappa shape index (κ2) is 16.2. The largest absolute Gasteiger partial charge is 0.351 e. The summed E-state index contributed by atoms with van der Waals surface area (Å²) in [6.07, 6.45) is 7.82. The van der Waals surface area contributed by atoms with Crippen molar-refractivity contribution >= 4 is 34.2 Å². The number of nitrogens with zero attached hydrogens (tertiary/aromatic N) is 3. The molecule has 2 aromatic carbocycles. The van der Waals surface area contributed by atoms with E-state index in [0.29, 0.717) is 30.5 Å². The van der Waals surface area contributed by atoms with E-state index in [-0.39, 0.29) is 24.1 Å². The van der Waals surface area contributed by atoms with Crippen LogP contribution in [0.2, 0.25) is 0 Å². The van der Waals surface area contributed by atoms with Gasteiger partial charge < -0.3 is 26.3 Å². The Hall–Kier alpha value is -4.55. The van der Waals surface area contributed by atoms with E-state index in [4.69, 9.17) is 0 Å². The van der Waals surface area contributed by atoms with Crippen molar-refractivity contribution in [3.05, 3.63) is 100.0 Å². The molecule has 11 nitrogen and oxygen atoms in total. The lowest BCUT2D eigenvalue weighted by atomic mass is 10.1. The minimum Gasteiger partial charge on any atom is -0.351 e. The van der Waals surface area contributed by atoms with Crippen molar-refractivity contribution in [2.75, 3.05) is 26.0 Å². The zero-order valence-corrected chi connectivity index (χ0v) is 25.3. The van der Waals surface area contributed by atoms with Crippen molar-refractivity contribution in [1.29, 1.82) is 0 Å². The molecule has 2 heterocycles. The third kappa shape index (κ3) is 11.3. The SMILES string of the molecule is CN(C)CC(=O)NCc1cccc(CC(=O)Nc2nnc(CCCCC3=CC=C(NC(=O)Cc4ccccc4)NN3)s2)c1. The molecule has 12 heteroatoms. The Bertz CT molecular complexity index is 1450. The Morgan fingerprint density at radius 2 is 1.51 bits per heavy atom. The number of benzene rings is 2. The zero-order chi connectivity index (χ0) is 30.4. The maximum Gasteiger partial charge on any atom is 0.234 e. The van der Waals surface area contributed by atoms with Gasteiger partial charge in [-0.3, -0.25) is 19.8 Å². The summed E-state index contributed by atoms with van der Waals surface area (Å²) in [7, 11) is 3.69. The number of hydrogen-bond donors (Lipinski definition) is 5. The summed E-state index contributed by atoms with van der Waals surface area (Å²) >= 11 is 1.39. The highest BCUT2D eigenvalue weighted by Gasteiger charge is 2.12. The number of rotatable bonds is 15. The number of allylic oxidation sites excluding steroid dienone is 3. The van der Waals surface area contributed by atoms with Gasteiger partial charge in [0.15, 0.2) is 0 Å². The fourth-order valence-electron chi connectivity index (χ4n) is 4.35. The molecule has 5 N–H and O–H groups in total. The van der Waals surface area contributed by atoms with Crippen LogP contribution < -0.4 is 26.8 Å². The number of carbonyl (C=O) groups excluding carboxylic acids is 3. The highest BCUT2D eigenvalue weighted by molar-refractivity contribution is 7.15. The fraction of sp³-hybridized carbons (Fsp3) is 0.323. The molecule has 3 aromatic rings. The first-order valence-electron chi connectivity index (χ1n) is 14.2. The van der Waals surface area contributed by atoms with Crippen LogP contribution in [0.5, 0.6) is 0 Å². The van der Waals surface area contributed by atoms with Crippen LogP contribution in [0.3, 0.4) is 0 Å². The first-order valence-corrected chi connectivity index (χ1v) is 15.0. The Balaban J connectivity index is 1.13. The lowest BCUT2D eigenvalue weighted by Crippen LogP contribution is -2.41. The van der Waals surface area contributed by atoms with E-state index in [1.807, 2.05) is 85.7 Å². The molecule has 0 saturated carbocycles. The molecule has 0 radical (unpaired) electrons. The molecule has 0 saturated heterocycles. The minimum absolute atomic E-state index is 0.0484. The van der Waals surface area contributed by atoms with E-state index in [0.717, 1.165) is 53.1 Å². The molecule has 0 bridgehead atoms. The average molecular weight is 603 g/mol. The summed E-state index contributed by atoms with van der Waals surface area (Å²) < 4.78 is 0. The molecule has 3 amide bonds. The van der Waals surface area contributed by atoms with E-state index < -0.39 is 0 Å². The molecule has 0 unspecified atom stereocenters. The van der Waals surface area contributed by atoms with E-state index in [9.17, 15) is 14.4 Å². The maximum absolute atomic E-state index is 12.6. The number of likely N-dealkylation sites (N-methyl/N-ethyl adjacent to an activating group) is 1. The van der Waals surface area contributed by atoms with Crippen LogP contribution in [-0.2, 0) is 40.2 Å².